The highest BCUT2D eigenvalue weighted by molar-refractivity contribution is 7.89. The SMILES string of the molecule is O=C(CCc1ccc(S(=O)(=O)N2CCCCC2)cc1)N1CCN(Cc2ccc(Cl)cc2)CC1. The second-order valence-electron chi connectivity index (χ2n) is 8.89. The Kier molecular flexibility index (Phi) is 8.07. The standard InChI is InChI=1S/C25H32ClN3O3S/c26-23-9-4-22(5-10-23)20-27-16-18-28(19-17-27)25(30)13-8-21-6-11-24(12-7-21)33(31,32)29-14-2-1-3-15-29/h4-7,9-12H,1-3,8,13-20H2. The molecule has 2 aromatic rings. The number of hydrogen-bond donors (Lipinski definition) is 0. The molecule has 0 bridgehead atoms. The van der Waals surface area contributed by atoms with Crippen molar-refractivity contribution in [1.82, 2.24) is 14.1 Å². The molecule has 6 nitrogen and oxygen atoms in total. The first-order chi connectivity index (χ1) is 15.9. The Hall–Kier alpha value is -1.93. The highest BCUT2D eigenvalue weighted by Crippen LogP contribution is 2.21. The highest BCUT2D eigenvalue weighted by atomic mass is 35.5. The normalized spacial score (nSPS) is 18.4. The van der Waals surface area contributed by atoms with Crippen molar-refractivity contribution in [1.29, 1.82) is 0 Å². The monoisotopic (exact) mass is 489 g/mol. The van der Waals surface area contributed by atoms with E-state index in [1.54, 1.807) is 16.4 Å². The molecule has 1 amide bonds. The van der Waals surface area contributed by atoms with Crippen LogP contribution in [0.5, 0.6) is 0 Å². The predicted molar refractivity (Wildman–Crippen MR) is 131 cm³/mol. The van der Waals surface area contributed by atoms with Gasteiger partial charge in [0.1, 0.15) is 0 Å². The van der Waals surface area contributed by atoms with Crippen molar-refractivity contribution in [3.05, 3.63) is 64.7 Å². The highest BCUT2D eigenvalue weighted by Gasteiger charge is 2.26. The number of benzene rings is 2. The Morgan fingerprint density at radius 1 is 0.788 bits per heavy atom. The van der Waals surface area contributed by atoms with E-state index >= 15 is 0 Å². The van der Waals surface area contributed by atoms with Gasteiger partial charge in [0.15, 0.2) is 0 Å². The average molecular weight is 490 g/mol. The van der Waals surface area contributed by atoms with E-state index in [1.807, 2.05) is 41.3 Å². The number of piperazine rings is 1. The zero-order chi connectivity index (χ0) is 23.3. The number of piperidine rings is 1. The van der Waals surface area contributed by atoms with Gasteiger partial charge >= 0.3 is 0 Å². The van der Waals surface area contributed by atoms with E-state index in [-0.39, 0.29) is 5.91 Å². The number of aryl methyl sites for hydroxylation is 1. The van der Waals surface area contributed by atoms with Crippen molar-refractivity contribution < 1.29 is 13.2 Å². The average Bonchev–Trinajstić information content (AvgIpc) is 2.85. The van der Waals surface area contributed by atoms with E-state index in [0.717, 1.165) is 62.6 Å². The summed E-state index contributed by atoms with van der Waals surface area (Å²) in [5.41, 5.74) is 2.22. The van der Waals surface area contributed by atoms with E-state index in [2.05, 4.69) is 4.90 Å². The van der Waals surface area contributed by atoms with Crippen molar-refractivity contribution >= 4 is 27.5 Å². The molecule has 4 rings (SSSR count). The summed E-state index contributed by atoms with van der Waals surface area (Å²) in [5.74, 6) is 0.158. The molecule has 2 fully saturated rings. The van der Waals surface area contributed by atoms with Crippen molar-refractivity contribution in [2.75, 3.05) is 39.3 Å². The van der Waals surface area contributed by atoms with E-state index < -0.39 is 10.0 Å². The predicted octanol–water partition coefficient (Wildman–Crippen LogP) is 3.79. The van der Waals surface area contributed by atoms with Crippen LogP contribution in [0.15, 0.2) is 53.4 Å². The summed E-state index contributed by atoms with van der Waals surface area (Å²) in [4.78, 5) is 17.3. The third-order valence-corrected chi connectivity index (χ3v) is 8.71. The molecule has 0 unspecified atom stereocenters. The Balaban J connectivity index is 1.23. The molecule has 2 aliphatic rings. The minimum atomic E-state index is -3.41. The summed E-state index contributed by atoms with van der Waals surface area (Å²) in [6.07, 6.45) is 4.00. The molecule has 2 heterocycles. The fourth-order valence-corrected chi connectivity index (χ4v) is 6.14. The molecule has 2 aromatic carbocycles. The number of hydrogen-bond acceptors (Lipinski definition) is 4. The summed E-state index contributed by atoms with van der Waals surface area (Å²) in [6.45, 7) is 5.26. The van der Waals surface area contributed by atoms with Crippen LogP contribution in [0.1, 0.15) is 36.8 Å². The van der Waals surface area contributed by atoms with Crippen LogP contribution in [0.3, 0.4) is 0 Å². The van der Waals surface area contributed by atoms with E-state index in [0.29, 0.717) is 30.8 Å². The summed E-state index contributed by atoms with van der Waals surface area (Å²) in [5, 5.41) is 0.743. The summed E-state index contributed by atoms with van der Waals surface area (Å²) in [7, 11) is -3.41. The van der Waals surface area contributed by atoms with Crippen molar-refractivity contribution in [2.24, 2.45) is 0 Å². The van der Waals surface area contributed by atoms with Gasteiger partial charge in [-0.25, -0.2) is 8.42 Å². The Bertz CT molecular complexity index is 1030. The molecule has 0 radical (unpaired) electrons. The molecule has 2 aliphatic heterocycles. The molecule has 33 heavy (non-hydrogen) atoms. The Labute approximate surface area is 202 Å². The van der Waals surface area contributed by atoms with Crippen LogP contribution in [0.25, 0.3) is 0 Å². The molecule has 0 saturated carbocycles. The summed E-state index contributed by atoms with van der Waals surface area (Å²) >= 11 is 5.96. The number of sulfonamides is 1. The van der Waals surface area contributed by atoms with E-state index in [9.17, 15) is 13.2 Å². The quantitative estimate of drug-likeness (QED) is 0.593. The van der Waals surface area contributed by atoms with Crippen LogP contribution in [0, 0.1) is 0 Å². The van der Waals surface area contributed by atoms with Gasteiger partial charge in [-0.15, -0.1) is 0 Å². The van der Waals surface area contributed by atoms with Crippen LogP contribution in [-0.2, 0) is 27.8 Å². The maximum atomic E-state index is 12.8. The lowest BCUT2D eigenvalue weighted by atomic mass is 10.1. The molecule has 0 spiro atoms. The second kappa shape index (κ2) is 11.0. The molecule has 0 aliphatic carbocycles. The van der Waals surface area contributed by atoms with Crippen molar-refractivity contribution in [3.8, 4) is 0 Å². The lowest BCUT2D eigenvalue weighted by Gasteiger charge is -2.34. The summed E-state index contributed by atoms with van der Waals surface area (Å²) < 4.78 is 27.2. The maximum absolute atomic E-state index is 12.8. The van der Waals surface area contributed by atoms with Gasteiger partial charge in [0.2, 0.25) is 15.9 Å². The molecular formula is C25H32ClN3O3S. The first-order valence-electron chi connectivity index (χ1n) is 11.8. The van der Waals surface area contributed by atoms with Crippen LogP contribution >= 0.6 is 11.6 Å². The first kappa shape index (κ1) is 24.2. The van der Waals surface area contributed by atoms with Crippen LogP contribution in [0.4, 0.5) is 0 Å². The minimum absolute atomic E-state index is 0.158. The molecule has 2 saturated heterocycles. The number of halogens is 1. The topological polar surface area (TPSA) is 60.9 Å². The van der Waals surface area contributed by atoms with Gasteiger partial charge in [0.25, 0.3) is 0 Å². The van der Waals surface area contributed by atoms with Crippen molar-refractivity contribution in [2.45, 2.75) is 43.5 Å². The van der Waals surface area contributed by atoms with Crippen LogP contribution < -0.4 is 0 Å². The lowest BCUT2D eigenvalue weighted by molar-refractivity contribution is -0.133. The minimum Gasteiger partial charge on any atom is -0.340 e. The van der Waals surface area contributed by atoms with Gasteiger partial charge in [-0.1, -0.05) is 42.3 Å². The number of carbonyl (C=O) groups is 1. The molecule has 0 atom stereocenters. The number of amides is 1. The Morgan fingerprint density at radius 3 is 2.03 bits per heavy atom. The van der Waals surface area contributed by atoms with Gasteiger partial charge in [0, 0.05) is 57.3 Å². The van der Waals surface area contributed by atoms with Gasteiger partial charge in [-0.05, 0) is 54.7 Å². The fourth-order valence-electron chi connectivity index (χ4n) is 4.50. The van der Waals surface area contributed by atoms with Crippen LogP contribution in [0.2, 0.25) is 5.02 Å². The van der Waals surface area contributed by atoms with Gasteiger partial charge in [0.05, 0.1) is 4.90 Å². The first-order valence-corrected chi connectivity index (χ1v) is 13.6. The molecule has 0 aromatic heterocycles. The fraction of sp³-hybridized carbons (Fsp3) is 0.480. The maximum Gasteiger partial charge on any atom is 0.243 e. The van der Waals surface area contributed by atoms with Gasteiger partial charge < -0.3 is 4.90 Å². The lowest BCUT2D eigenvalue weighted by Crippen LogP contribution is -2.48. The second-order valence-corrected chi connectivity index (χ2v) is 11.3. The molecular weight excluding hydrogens is 458 g/mol. The zero-order valence-electron chi connectivity index (χ0n) is 19.0. The van der Waals surface area contributed by atoms with Crippen molar-refractivity contribution in [3.63, 3.8) is 0 Å². The van der Waals surface area contributed by atoms with Gasteiger partial charge in [-0.2, -0.15) is 4.31 Å². The third-order valence-electron chi connectivity index (χ3n) is 6.55. The van der Waals surface area contributed by atoms with E-state index in [4.69, 9.17) is 11.6 Å². The third kappa shape index (κ3) is 6.35. The zero-order valence-corrected chi connectivity index (χ0v) is 20.5. The molecule has 8 heteroatoms. The number of carbonyl (C=O) groups excluding carboxylic acids is 1. The largest absolute Gasteiger partial charge is 0.340 e. The number of nitrogens with zero attached hydrogens (tertiary/aromatic N) is 3. The van der Waals surface area contributed by atoms with Crippen LogP contribution in [-0.4, -0.2) is 67.7 Å². The Morgan fingerprint density at radius 2 is 1.39 bits per heavy atom. The smallest absolute Gasteiger partial charge is 0.243 e. The summed E-state index contributed by atoms with van der Waals surface area (Å²) in [6, 6.07) is 14.9. The van der Waals surface area contributed by atoms with Gasteiger partial charge in [-0.3, -0.25) is 9.69 Å². The van der Waals surface area contributed by atoms with E-state index in [1.165, 1.54) is 5.56 Å². The number of rotatable bonds is 7. The molecule has 178 valence electrons. The molecule has 0 N–H and O–H groups in total.